The normalized spacial score (nSPS) is 20.5. The molecule has 1 aromatic rings. The van der Waals surface area contributed by atoms with E-state index in [-0.39, 0.29) is 140 Å². The number of rotatable bonds is 48. The van der Waals surface area contributed by atoms with Crippen molar-refractivity contribution in [2.24, 2.45) is 79.8 Å². The van der Waals surface area contributed by atoms with Crippen molar-refractivity contribution < 1.29 is 148 Å². The lowest BCUT2D eigenvalue weighted by molar-refractivity contribution is -0.178. The zero-order chi connectivity index (χ0) is 107. The maximum atomic E-state index is 12.3. The van der Waals surface area contributed by atoms with E-state index in [4.69, 9.17) is 97.3 Å². The fourth-order valence-corrected chi connectivity index (χ4v) is 20.0. The highest BCUT2D eigenvalue weighted by atomic mass is 35.5. The molecule has 1 aromatic carbocycles. The molecule has 6 rings (SSSR count). The van der Waals surface area contributed by atoms with E-state index in [1.165, 1.54) is 116 Å². The number of halogens is 1. The number of carbonyl (C=O) groups is 7. The van der Waals surface area contributed by atoms with E-state index in [1.54, 1.807) is 78.0 Å². The second-order valence-electron chi connectivity index (χ2n) is 39.5. The summed E-state index contributed by atoms with van der Waals surface area (Å²) in [5, 5.41) is 140. The molecule has 0 radical (unpaired) electrons. The van der Waals surface area contributed by atoms with Gasteiger partial charge in [0.2, 0.25) is 6.29 Å². The predicted molar refractivity (Wildman–Crippen MR) is 558 cm³/mol. The van der Waals surface area contributed by atoms with E-state index in [0.717, 1.165) is 55.7 Å². The standard InChI is InChI=1S/C17H30O4S.C12H17ClO2S.C11H22O4S.C10H16.C9H18O4S.C9H18O2.C8H16O4S.C7H14O4.C7H14O2.C6H14O2.C4H10O2S/c1-11(9-22-10-13(19)8-18)15(20)21-14-7-12-5-6-17(14,4)16(12,2)3;1-9(7-16-8-12(15)6-14)10-2-4-11(13)5-3-10;1-8(2)15-10(14)11(3,4)7-16-6-9(13)5-12;1-2-9-7-4-5-8(6-7)10(9)3-1;1-9(2,8(12)13-3)6-14-5-7(11)4-10;1-6-9(4,5)8(10)11-7(2)3;1-6(8(11)12-2)4-13-5-7(10)3-9;1-3-5(2)7(10)11-6(9)4-8;1-5-7(2,3)6(8)9-4;1-2-3-4-6(8)5-7;1-7-3-4(6)2-5/h11-14,18-19H,5-10H2,1-4H3;2-5,9,12,14-15H,6-8H2,1H3;8-9,12-13H,5-7H2,1-4H3;7-10H,1-6H2;7,10-11H,4-6H2,1-3H3;7H,6H2,1-5H3;6-7,9-10H,3-5H2,1-2H3;5-6,8-9H,3-4H2,1-2H3;5H2,1-4H3;6-8H,2-5H2,1H3;4-6H,2-3H2,1H3. The zero-order valence-electron chi connectivity index (χ0n) is 88.1. The lowest BCUT2D eigenvalue weighted by Crippen LogP contribution is -2.39. The fraction of sp³-hybridized carbons (Fsp3) is 0.870. The van der Waals surface area contributed by atoms with Crippen molar-refractivity contribution in [1.82, 2.24) is 0 Å². The first-order valence-corrected chi connectivity index (χ1v) is 55.9. The lowest BCUT2D eigenvalue weighted by Gasteiger charge is -2.38. The number of fused-ring (bicyclic) bond motifs is 7. The van der Waals surface area contributed by atoms with Crippen molar-refractivity contribution in [3.8, 4) is 0 Å². The number of hydrogen-bond acceptors (Lipinski definition) is 36. The number of methoxy groups -OCH3 is 3. The van der Waals surface area contributed by atoms with E-state index >= 15 is 0 Å². The number of unbranched alkanes of at least 4 members (excludes halogenated alkanes) is 1. The summed E-state index contributed by atoms with van der Waals surface area (Å²) < 4.78 is 34.2. The molecule has 0 aromatic heterocycles. The molecule has 5 saturated carbocycles. The Balaban J connectivity index is -0.000000473. The molecule has 0 spiro atoms. The summed E-state index contributed by atoms with van der Waals surface area (Å²) in [7, 11) is 4.13. The second kappa shape index (κ2) is 79.5. The summed E-state index contributed by atoms with van der Waals surface area (Å²) in [6.07, 6.45) is 14.0. The predicted octanol–water partition coefficient (Wildman–Crippen LogP) is 13.1. The van der Waals surface area contributed by atoms with Crippen LogP contribution in [0.3, 0.4) is 0 Å². The van der Waals surface area contributed by atoms with Crippen LogP contribution in [0.25, 0.3) is 0 Å². The van der Waals surface area contributed by atoms with E-state index in [2.05, 4.69) is 53.6 Å². The molecule has 5 aliphatic carbocycles. The summed E-state index contributed by atoms with van der Waals surface area (Å²) in [4.78, 5) is 79.1. The van der Waals surface area contributed by atoms with Gasteiger partial charge < -0.3 is 115 Å². The molecular formula is C100H189ClO30S6. The van der Waals surface area contributed by atoms with Crippen LogP contribution in [0, 0.1) is 79.8 Å². The number of esters is 7. The third kappa shape index (κ3) is 63.4. The summed E-state index contributed by atoms with van der Waals surface area (Å²) >= 11 is 14.8. The van der Waals surface area contributed by atoms with Gasteiger partial charge in [-0.1, -0.05) is 119 Å². The van der Waals surface area contributed by atoms with Gasteiger partial charge in [-0.25, -0.2) is 0 Å². The molecule has 37 heteroatoms. The first-order valence-electron chi connectivity index (χ1n) is 48.3. The van der Waals surface area contributed by atoms with Gasteiger partial charge >= 0.3 is 41.8 Å². The number of aliphatic hydroxyl groups excluding tert-OH is 16. The van der Waals surface area contributed by atoms with Crippen LogP contribution in [0.4, 0.5) is 0 Å². The Bertz CT molecular complexity index is 3220. The minimum absolute atomic E-state index is 0.00618. The third-order valence-corrected chi connectivity index (χ3v) is 32.7. The Morgan fingerprint density at radius 3 is 1.13 bits per heavy atom. The zero-order valence-corrected chi connectivity index (χ0v) is 93.8. The van der Waals surface area contributed by atoms with Gasteiger partial charge in [-0.2, -0.15) is 70.6 Å². The van der Waals surface area contributed by atoms with Crippen LogP contribution in [-0.2, 0) is 66.7 Å². The van der Waals surface area contributed by atoms with Gasteiger partial charge in [0.25, 0.3) is 0 Å². The van der Waals surface area contributed by atoms with E-state index in [0.29, 0.717) is 75.8 Å². The highest BCUT2D eigenvalue weighted by Gasteiger charge is 2.63. The van der Waals surface area contributed by atoms with Gasteiger partial charge in [0.05, 0.1) is 162 Å². The third-order valence-electron chi connectivity index (χ3n) is 24.5. The summed E-state index contributed by atoms with van der Waals surface area (Å²) in [6.45, 7) is 42.5. The first-order chi connectivity index (χ1) is 63.8. The lowest BCUT2D eigenvalue weighted by atomic mass is 9.70. The summed E-state index contributed by atoms with van der Waals surface area (Å²) in [5.74, 6) is 9.97. The Hall–Kier alpha value is -2.74. The minimum Gasteiger partial charge on any atom is -0.469 e. The van der Waals surface area contributed by atoms with Crippen molar-refractivity contribution in [1.29, 1.82) is 0 Å². The second-order valence-corrected chi connectivity index (χ2v) is 46.2. The molecule has 5 aliphatic rings. The highest BCUT2D eigenvalue weighted by Crippen LogP contribution is 2.66. The summed E-state index contributed by atoms with van der Waals surface area (Å²) in [5.41, 5.74) is -0.151. The van der Waals surface area contributed by atoms with Crippen molar-refractivity contribution in [2.75, 3.05) is 144 Å². The molecule has 5 fully saturated rings. The molecule has 137 heavy (non-hydrogen) atoms. The van der Waals surface area contributed by atoms with Gasteiger partial charge in [0.1, 0.15) is 12.7 Å². The first kappa shape index (κ1) is 143. The molecule has 16 N–H and O–H groups in total. The Labute approximate surface area is 853 Å². The van der Waals surface area contributed by atoms with Gasteiger partial charge in [-0.3, -0.25) is 33.6 Å². The number of benzene rings is 1. The topological polar surface area (TPSA) is 508 Å². The van der Waals surface area contributed by atoms with Crippen LogP contribution < -0.4 is 0 Å². The van der Waals surface area contributed by atoms with Crippen LogP contribution in [0.5, 0.6) is 0 Å². The molecule has 0 aliphatic heterocycles. The average Bonchev–Trinajstić information content (AvgIpc) is 1.56. The Morgan fingerprint density at radius 1 is 0.431 bits per heavy atom. The van der Waals surface area contributed by atoms with Crippen LogP contribution in [0.1, 0.15) is 267 Å². The Morgan fingerprint density at radius 2 is 0.803 bits per heavy atom. The molecular weight excluding hydrogens is 1910 g/mol. The van der Waals surface area contributed by atoms with E-state index in [9.17, 15) is 43.8 Å². The van der Waals surface area contributed by atoms with E-state index < -0.39 is 72.4 Å². The van der Waals surface area contributed by atoms with E-state index in [1.807, 2.05) is 127 Å². The van der Waals surface area contributed by atoms with Crippen LogP contribution >= 0.6 is 82.2 Å². The molecule has 0 heterocycles. The maximum Gasteiger partial charge on any atom is 0.312 e. The molecule has 4 bridgehead atoms. The number of thioether (sulfide) groups is 6. The van der Waals surface area contributed by atoms with Gasteiger partial charge in [0, 0.05) is 68.0 Å². The average molecular weight is 2100 g/mol. The number of carbonyl (C=O) groups excluding carboxylic acids is 7. The maximum absolute atomic E-state index is 12.3. The fourth-order valence-electron chi connectivity index (χ4n) is 14.1. The van der Waals surface area contributed by atoms with Crippen LogP contribution in [0.15, 0.2) is 24.3 Å². The molecule has 0 amide bonds. The molecule has 30 nitrogen and oxygen atoms in total. The monoisotopic (exact) mass is 2100 g/mol. The quantitative estimate of drug-likeness (QED) is 0.0164. The molecule has 0 saturated heterocycles. The van der Waals surface area contributed by atoms with Crippen LogP contribution in [-0.4, -0.2) is 335 Å². The van der Waals surface area contributed by atoms with Crippen molar-refractivity contribution in [3.63, 3.8) is 0 Å². The van der Waals surface area contributed by atoms with Gasteiger partial charge in [-0.15, -0.1) is 0 Å². The molecule has 19 atom stereocenters. The smallest absolute Gasteiger partial charge is 0.312 e. The number of aliphatic hydroxyl groups is 16. The highest BCUT2D eigenvalue weighted by molar-refractivity contribution is 8.00. The summed E-state index contributed by atoms with van der Waals surface area (Å²) in [6, 6.07) is 7.83. The minimum atomic E-state index is -1.38. The molecule has 19 unspecified atom stereocenters. The largest absolute Gasteiger partial charge is 0.469 e. The number of hydrogen-bond donors (Lipinski definition) is 16. The van der Waals surface area contributed by atoms with Gasteiger partial charge in [0.15, 0.2) is 0 Å². The van der Waals surface area contributed by atoms with Crippen molar-refractivity contribution in [3.05, 3.63) is 34.9 Å². The van der Waals surface area contributed by atoms with Gasteiger partial charge in [-0.05, 0) is 231 Å². The number of ether oxygens (including phenoxy) is 7. The van der Waals surface area contributed by atoms with Crippen molar-refractivity contribution in [2.45, 2.75) is 329 Å². The van der Waals surface area contributed by atoms with Crippen LogP contribution in [0.2, 0.25) is 5.02 Å². The Kier molecular flexibility index (Phi) is 82.8. The van der Waals surface area contributed by atoms with Crippen molar-refractivity contribution >= 4 is 124 Å². The SMILES string of the molecule is C1CC2C3CCC(C3)C2C1.CC(C)OC(=O)C(C)(C)CSCC(O)CO.CC(CSCC(O)CO)C(=O)OC1CC2CCC1(C)C2(C)C.CC(CSCC(O)CO)c1ccc(Cl)cc1.CCC(C)(C)C(=O)OC.CCC(C)(C)C(=O)OC(C)C.CCC(C)C(=O)OC(O)CO.CCCCC(O)CO.COC(=O)C(C)(C)CSCC(O)CO.COC(=O)C(C)CSCC(O)CO.CSCC(O)CO. The molecule has 812 valence electrons.